The molecule has 0 spiro atoms. The molecule has 0 aromatic heterocycles. The first kappa shape index (κ1) is 41.8. The molecule has 8 nitrogen and oxygen atoms in total. The molecule has 272 valence electrons. The lowest BCUT2D eigenvalue weighted by atomic mass is 9.89. The van der Waals surface area contributed by atoms with Crippen molar-refractivity contribution in [2.75, 3.05) is 5.75 Å². The van der Waals surface area contributed by atoms with E-state index in [4.69, 9.17) is 0 Å². The number of carboxylic acid groups (broad SMARTS) is 1. The fourth-order valence-electron chi connectivity index (χ4n) is 5.58. The zero-order valence-corrected chi connectivity index (χ0v) is 31.2. The van der Waals surface area contributed by atoms with Crippen LogP contribution in [-0.2, 0) is 32.0 Å². The van der Waals surface area contributed by atoms with Gasteiger partial charge in [0.25, 0.3) is 0 Å². The van der Waals surface area contributed by atoms with E-state index in [0.717, 1.165) is 36.8 Å². The highest BCUT2D eigenvalue weighted by atomic mass is 32.2. The number of carboxylic acids is 1. The second-order valence-corrected chi connectivity index (χ2v) is 17.4. The Morgan fingerprint density at radius 3 is 1.78 bits per heavy atom. The predicted molar refractivity (Wildman–Crippen MR) is 198 cm³/mol. The molecule has 0 heterocycles. The maximum absolute atomic E-state index is 13.9. The van der Waals surface area contributed by atoms with E-state index < -0.39 is 29.8 Å². The van der Waals surface area contributed by atoms with Crippen molar-refractivity contribution in [1.29, 1.82) is 0 Å². The molecule has 0 fully saturated rings. The number of hydrogen-bond donors (Lipinski definition) is 4. The van der Waals surface area contributed by atoms with Crippen molar-refractivity contribution in [3.05, 3.63) is 59.7 Å². The molecule has 0 radical (unpaired) electrons. The molecule has 0 bridgehead atoms. The second-order valence-electron chi connectivity index (χ2n) is 15.5. The number of aliphatic carboxylic acids is 1. The van der Waals surface area contributed by atoms with Crippen molar-refractivity contribution in [2.24, 2.45) is 17.3 Å². The molecule has 9 heteroatoms. The first-order chi connectivity index (χ1) is 22.9. The Bertz CT molecular complexity index is 1330. The fourth-order valence-corrected chi connectivity index (χ4v) is 6.59. The lowest BCUT2D eigenvalue weighted by Gasteiger charge is -2.24. The second kappa shape index (κ2) is 20.4. The van der Waals surface area contributed by atoms with Gasteiger partial charge in [0.05, 0.1) is 12.0 Å². The van der Waals surface area contributed by atoms with E-state index >= 15 is 0 Å². The van der Waals surface area contributed by atoms with Crippen molar-refractivity contribution >= 4 is 35.2 Å². The van der Waals surface area contributed by atoms with Crippen LogP contribution in [0, 0.1) is 17.3 Å². The lowest BCUT2D eigenvalue weighted by Crippen LogP contribution is -2.46. The summed E-state index contributed by atoms with van der Waals surface area (Å²) in [6.45, 7) is 12.8. The number of Topliss-reactive ketones (excluding diaryl/α,β-unsaturated/α-hetero) is 2. The van der Waals surface area contributed by atoms with Gasteiger partial charge in [-0.25, -0.2) is 0 Å². The zero-order valence-electron chi connectivity index (χ0n) is 30.4. The van der Waals surface area contributed by atoms with Gasteiger partial charge in [0.1, 0.15) is 17.3 Å². The number of nitrogens with one attached hydrogen (secondary N) is 1. The Morgan fingerprint density at radius 2 is 1.24 bits per heavy atom. The van der Waals surface area contributed by atoms with Crippen LogP contribution in [0.3, 0.4) is 0 Å². The number of ketones is 2. The number of amides is 1. The number of phenols is 2. The summed E-state index contributed by atoms with van der Waals surface area (Å²) in [7, 11) is 0. The molecule has 0 aliphatic rings. The SMILES string of the molecule is CC(C)(C)CCCCCCCC(=O)C[C@@H](Cc1ccc(O)cc1)C(=O)N[C@@H](Cc1ccc(O)cc1)C(=O)CC[C@H](CSC(C)(C)C)C(=O)O. The molecule has 3 atom stereocenters. The van der Waals surface area contributed by atoms with Crippen molar-refractivity contribution in [2.45, 2.75) is 129 Å². The molecule has 0 aliphatic heterocycles. The normalized spacial score (nSPS) is 13.8. The highest BCUT2D eigenvalue weighted by molar-refractivity contribution is 8.00. The van der Waals surface area contributed by atoms with Crippen molar-refractivity contribution in [1.82, 2.24) is 5.32 Å². The number of phenolic OH excluding ortho intramolecular Hbond substituents is 2. The van der Waals surface area contributed by atoms with Crippen LogP contribution in [0.2, 0.25) is 0 Å². The van der Waals surface area contributed by atoms with E-state index in [9.17, 15) is 34.5 Å². The van der Waals surface area contributed by atoms with E-state index in [1.165, 1.54) is 36.7 Å². The molecule has 4 N–H and O–H groups in total. The van der Waals surface area contributed by atoms with Crippen molar-refractivity contribution < 1.29 is 34.5 Å². The third-order valence-electron chi connectivity index (χ3n) is 8.53. The number of carbonyl (C=O) groups is 4. The summed E-state index contributed by atoms with van der Waals surface area (Å²) >= 11 is 1.53. The summed E-state index contributed by atoms with van der Waals surface area (Å²) in [6.07, 6.45) is 7.23. The van der Waals surface area contributed by atoms with Crippen LogP contribution in [0.4, 0.5) is 0 Å². The minimum Gasteiger partial charge on any atom is -0.508 e. The maximum atomic E-state index is 13.9. The Labute approximate surface area is 297 Å². The van der Waals surface area contributed by atoms with Gasteiger partial charge in [-0.1, -0.05) is 91.5 Å². The van der Waals surface area contributed by atoms with Gasteiger partial charge in [-0.05, 0) is 72.9 Å². The van der Waals surface area contributed by atoms with E-state index in [0.29, 0.717) is 17.6 Å². The van der Waals surface area contributed by atoms with E-state index in [1.807, 2.05) is 20.8 Å². The van der Waals surface area contributed by atoms with Crippen LogP contribution in [0.5, 0.6) is 11.5 Å². The molecule has 2 aromatic rings. The Hall–Kier alpha value is -3.33. The molecule has 0 saturated heterocycles. The number of hydrogen-bond acceptors (Lipinski definition) is 7. The first-order valence-corrected chi connectivity index (χ1v) is 18.7. The Kier molecular flexibility index (Phi) is 17.4. The average Bonchev–Trinajstić information content (AvgIpc) is 3.00. The monoisotopic (exact) mass is 697 g/mol. The first-order valence-electron chi connectivity index (χ1n) is 17.7. The molecule has 1 amide bonds. The van der Waals surface area contributed by atoms with Gasteiger partial charge in [0, 0.05) is 35.7 Å². The van der Waals surface area contributed by atoms with Crippen LogP contribution in [0.1, 0.15) is 117 Å². The molecule has 0 unspecified atom stereocenters. The summed E-state index contributed by atoms with van der Waals surface area (Å²) in [5.74, 6) is -2.55. The van der Waals surface area contributed by atoms with Gasteiger partial charge in [-0.2, -0.15) is 11.8 Å². The highest BCUT2D eigenvalue weighted by Gasteiger charge is 2.29. The minimum absolute atomic E-state index is 0.00400. The van der Waals surface area contributed by atoms with Gasteiger partial charge in [0.15, 0.2) is 5.78 Å². The van der Waals surface area contributed by atoms with Crippen LogP contribution < -0.4 is 5.32 Å². The molecule has 0 aliphatic carbocycles. The maximum Gasteiger partial charge on any atom is 0.307 e. The van der Waals surface area contributed by atoms with Gasteiger partial charge < -0.3 is 20.6 Å². The molecular weight excluding hydrogens is 639 g/mol. The van der Waals surface area contributed by atoms with Crippen LogP contribution in [-0.4, -0.2) is 55.3 Å². The summed E-state index contributed by atoms with van der Waals surface area (Å²) in [5.41, 5.74) is 1.83. The Morgan fingerprint density at radius 1 is 0.714 bits per heavy atom. The third-order valence-corrected chi connectivity index (χ3v) is 9.97. The number of carbonyl (C=O) groups excluding carboxylic acids is 3. The lowest BCUT2D eigenvalue weighted by molar-refractivity contribution is -0.141. The summed E-state index contributed by atoms with van der Waals surface area (Å²) in [5, 5.41) is 32.3. The van der Waals surface area contributed by atoms with Crippen molar-refractivity contribution in [3.63, 3.8) is 0 Å². The minimum atomic E-state index is -0.957. The zero-order chi connectivity index (χ0) is 36.6. The standard InChI is InChI=1S/C40H59NO7S/c1-39(2,3)23-11-9-7-8-10-12-34(44)26-31(24-28-13-18-32(42)19-14-28)37(46)41-35(25-29-15-20-33(43)21-16-29)36(45)22-17-30(38(47)48)27-49-40(4,5)6/h13-16,18-21,30-31,35,42-43H,7-12,17,22-27H2,1-6H3,(H,41,46)(H,47,48)/t30-,31-,35+/m1/s1. The molecule has 0 saturated carbocycles. The topological polar surface area (TPSA) is 141 Å². The number of thioether (sulfide) groups is 1. The number of aromatic hydroxyl groups is 2. The third kappa shape index (κ3) is 18.3. The van der Waals surface area contributed by atoms with Gasteiger partial charge in [0.2, 0.25) is 5.91 Å². The Balaban J connectivity index is 2.16. The van der Waals surface area contributed by atoms with Crippen LogP contribution in [0.15, 0.2) is 48.5 Å². The molecule has 2 rings (SSSR count). The van der Waals surface area contributed by atoms with E-state index in [1.54, 1.807) is 36.4 Å². The quantitative estimate of drug-likeness (QED) is 0.0901. The fraction of sp³-hybridized carbons (Fsp3) is 0.600. The van der Waals surface area contributed by atoms with Crippen molar-refractivity contribution in [3.8, 4) is 11.5 Å². The van der Waals surface area contributed by atoms with Crippen LogP contribution in [0.25, 0.3) is 0 Å². The molecule has 49 heavy (non-hydrogen) atoms. The number of benzene rings is 2. The largest absolute Gasteiger partial charge is 0.508 e. The number of unbranched alkanes of at least 4 members (excludes halogenated alkanes) is 4. The summed E-state index contributed by atoms with van der Waals surface area (Å²) in [4.78, 5) is 52.7. The predicted octanol–water partition coefficient (Wildman–Crippen LogP) is 8.30. The van der Waals surface area contributed by atoms with Crippen LogP contribution >= 0.6 is 11.8 Å². The van der Waals surface area contributed by atoms with Gasteiger partial charge in [-0.15, -0.1) is 0 Å². The van der Waals surface area contributed by atoms with E-state index in [2.05, 4.69) is 26.1 Å². The summed E-state index contributed by atoms with van der Waals surface area (Å²) in [6, 6.07) is 12.0. The van der Waals surface area contributed by atoms with Gasteiger partial charge in [-0.3, -0.25) is 19.2 Å². The smallest absolute Gasteiger partial charge is 0.307 e. The number of rotatable bonds is 22. The average molecular weight is 698 g/mol. The molecule has 2 aromatic carbocycles. The van der Waals surface area contributed by atoms with E-state index in [-0.39, 0.29) is 59.9 Å². The van der Waals surface area contributed by atoms with Gasteiger partial charge >= 0.3 is 5.97 Å². The highest BCUT2D eigenvalue weighted by Crippen LogP contribution is 2.28. The molecular formula is C40H59NO7S. The summed E-state index contributed by atoms with van der Waals surface area (Å²) < 4.78 is -0.122.